The number of amides is 1. The Morgan fingerprint density at radius 3 is 3.09 bits per heavy atom. The summed E-state index contributed by atoms with van der Waals surface area (Å²) in [5.41, 5.74) is 1.22. The van der Waals surface area contributed by atoms with E-state index in [4.69, 9.17) is 0 Å². The summed E-state index contributed by atoms with van der Waals surface area (Å²) in [4.78, 5) is 18.3. The predicted octanol–water partition coefficient (Wildman–Crippen LogP) is 0.0976. The summed E-state index contributed by atoms with van der Waals surface area (Å²) in [5, 5.41) is 10.6. The first-order valence-corrected chi connectivity index (χ1v) is 7.80. The second kappa shape index (κ2) is 5.98. The molecule has 1 amide bonds. The van der Waals surface area contributed by atoms with Crippen LogP contribution in [-0.2, 0) is 18.4 Å². The van der Waals surface area contributed by atoms with Crippen molar-refractivity contribution >= 4 is 11.9 Å². The topological polar surface area (TPSA) is 74.6 Å². The largest absolute Gasteiger partial charge is 0.355 e. The molecule has 1 unspecified atom stereocenters. The van der Waals surface area contributed by atoms with Crippen LogP contribution >= 0.6 is 0 Å². The molecule has 2 aliphatic heterocycles. The van der Waals surface area contributed by atoms with E-state index in [1.54, 1.807) is 4.68 Å². The van der Waals surface area contributed by atoms with Crippen molar-refractivity contribution in [3.8, 4) is 0 Å². The van der Waals surface area contributed by atoms with Gasteiger partial charge in [0.05, 0.1) is 6.20 Å². The van der Waals surface area contributed by atoms with Crippen LogP contribution < -0.4 is 10.6 Å². The summed E-state index contributed by atoms with van der Waals surface area (Å²) in [6.45, 7) is 3.38. The van der Waals surface area contributed by atoms with Crippen LogP contribution in [0, 0.1) is 5.41 Å². The number of aromatic nitrogens is 2. The minimum Gasteiger partial charge on any atom is -0.355 e. The number of hydrogen-bond acceptors (Lipinski definition) is 3. The molecule has 0 aliphatic carbocycles. The SMILES string of the molecule is CN=C(NCc1cnn(C)c1)N1CCCC2(CNC(=O)C2)C1. The lowest BCUT2D eigenvalue weighted by Gasteiger charge is -2.40. The van der Waals surface area contributed by atoms with Gasteiger partial charge in [-0.15, -0.1) is 0 Å². The summed E-state index contributed by atoms with van der Waals surface area (Å²) in [7, 11) is 3.72. The third-order valence-corrected chi connectivity index (χ3v) is 4.58. The first-order chi connectivity index (χ1) is 10.6. The fourth-order valence-corrected chi connectivity index (χ4v) is 3.51. The van der Waals surface area contributed by atoms with Crippen molar-refractivity contribution < 1.29 is 4.79 Å². The summed E-state index contributed by atoms with van der Waals surface area (Å²) in [6.07, 6.45) is 6.71. The highest BCUT2D eigenvalue weighted by Crippen LogP contribution is 2.35. The Labute approximate surface area is 130 Å². The zero-order valence-electron chi connectivity index (χ0n) is 13.3. The van der Waals surface area contributed by atoms with Crippen molar-refractivity contribution in [1.82, 2.24) is 25.3 Å². The maximum atomic E-state index is 11.6. The molecule has 1 spiro atoms. The average molecular weight is 304 g/mol. The standard InChI is InChI=1S/C15H24N6O/c1-16-14(17-7-12-8-19-20(2)9-12)21-5-3-4-15(11-21)6-13(22)18-10-15/h8-9H,3-7,10-11H2,1-2H3,(H,16,17)(H,18,22). The second-order valence-electron chi connectivity index (χ2n) is 6.40. The van der Waals surface area contributed by atoms with Gasteiger partial charge >= 0.3 is 0 Å². The molecule has 2 N–H and O–H groups in total. The summed E-state index contributed by atoms with van der Waals surface area (Å²) in [5.74, 6) is 1.09. The maximum Gasteiger partial charge on any atom is 0.220 e. The van der Waals surface area contributed by atoms with Crippen LogP contribution in [0.25, 0.3) is 0 Å². The molecule has 3 rings (SSSR count). The Morgan fingerprint density at radius 2 is 2.45 bits per heavy atom. The Balaban J connectivity index is 1.62. The number of hydrogen-bond donors (Lipinski definition) is 2. The maximum absolute atomic E-state index is 11.6. The number of nitrogens with zero attached hydrogens (tertiary/aromatic N) is 4. The van der Waals surface area contributed by atoms with E-state index in [0.717, 1.165) is 44.0 Å². The normalized spacial score (nSPS) is 25.6. The number of carbonyl (C=O) groups is 1. The molecule has 3 heterocycles. The van der Waals surface area contributed by atoms with Crippen molar-refractivity contribution in [2.45, 2.75) is 25.8 Å². The lowest BCUT2D eigenvalue weighted by atomic mass is 9.79. The number of guanidine groups is 1. The molecular formula is C15H24N6O. The van der Waals surface area contributed by atoms with Gasteiger partial charge in [-0.3, -0.25) is 14.5 Å². The molecule has 2 fully saturated rings. The van der Waals surface area contributed by atoms with Crippen LogP contribution in [0.2, 0.25) is 0 Å². The quantitative estimate of drug-likeness (QED) is 0.600. The lowest BCUT2D eigenvalue weighted by Crippen LogP contribution is -2.51. The van der Waals surface area contributed by atoms with Crippen molar-refractivity contribution in [1.29, 1.82) is 0 Å². The number of aryl methyl sites for hydroxylation is 1. The summed E-state index contributed by atoms with van der Waals surface area (Å²) < 4.78 is 1.80. The van der Waals surface area contributed by atoms with Crippen LogP contribution in [0.4, 0.5) is 0 Å². The second-order valence-corrected chi connectivity index (χ2v) is 6.40. The summed E-state index contributed by atoms with van der Waals surface area (Å²) in [6, 6.07) is 0. The molecule has 22 heavy (non-hydrogen) atoms. The van der Waals surface area contributed by atoms with Crippen LogP contribution in [0.3, 0.4) is 0 Å². The fraction of sp³-hybridized carbons (Fsp3) is 0.667. The minimum absolute atomic E-state index is 0.0846. The molecule has 1 aromatic rings. The average Bonchev–Trinajstić information content (AvgIpc) is 3.06. The van der Waals surface area contributed by atoms with E-state index in [2.05, 4.69) is 25.6 Å². The van der Waals surface area contributed by atoms with Gasteiger partial charge in [0.25, 0.3) is 0 Å². The van der Waals surface area contributed by atoms with Crippen molar-refractivity contribution in [3.63, 3.8) is 0 Å². The van der Waals surface area contributed by atoms with E-state index in [1.165, 1.54) is 0 Å². The van der Waals surface area contributed by atoms with Crippen LogP contribution in [0.15, 0.2) is 17.4 Å². The third kappa shape index (κ3) is 3.08. The van der Waals surface area contributed by atoms with E-state index in [1.807, 2.05) is 26.5 Å². The zero-order chi connectivity index (χ0) is 15.6. The smallest absolute Gasteiger partial charge is 0.220 e. The number of aliphatic imine (C=N–C) groups is 1. The molecule has 7 heteroatoms. The van der Waals surface area contributed by atoms with Crippen molar-refractivity contribution in [2.75, 3.05) is 26.7 Å². The van der Waals surface area contributed by atoms with Crippen LogP contribution in [0.5, 0.6) is 0 Å². The zero-order valence-corrected chi connectivity index (χ0v) is 13.3. The highest BCUT2D eigenvalue weighted by atomic mass is 16.1. The first-order valence-electron chi connectivity index (χ1n) is 7.80. The van der Waals surface area contributed by atoms with Gasteiger partial charge in [0, 0.05) is 63.9 Å². The van der Waals surface area contributed by atoms with Gasteiger partial charge in [-0.25, -0.2) is 0 Å². The number of nitrogens with one attached hydrogen (secondary N) is 2. The summed E-state index contributed by atoms with van der Waals surface area (Å²) >= 11 is 0. The molecule has 0 radical (unpaired) electrons. The van der Waals surface area contributed by atoms with Gasteiger partial charge in [0.15, 0.2) is 5.96 Å². The number of rotatable bonds is 2. The van der Waals surface area contributed by atoms with Crippen LogP contribution in [-0.4, -0.2) is 53.2 Å². The fourth-order valence-electron chi connectivity index (χ4n) is 3.51. The van der Waals surface area contributed by atoms with Crippen LogP contribution in [0.1, 0.15) is 24.8 Å². The highest BCUT2D eigenvalue weighted by Gasteiger charge is 2.42. The monoisotopic (exact) mass is 304 g/mol. The van der Waals surface area contributed by atoms with Gasteiger partial charge in [-0.2, -0.15) is 5.10 Å². The molecule has 1 atom stereocenters. The van der Waals surface area contributed by atoms with E-state index in [-0.39, 0.29) is 11.3 Å². The van der Waals surface area contributed by atoms with Gasteiger partial charge < -0.3 is 15.5 Å². The molecular weight excluding hydrogens is 280 g/mol. The molecule has 2 aliphatic rings. The Bertz CT molecular complexity index is 580. The minimum atomic E-state index is 0.0846. The van der Waals surface area contributed by atoms with E-state index in [0.29, 0.717) is 13.0 Å². The number of piperidine rings is 1. The van der Waals surface area contributed by atoms with E-state index in [9.17, 15) is 4.79 Å². The Morgan fingerprint density at radius 1 is 1.59 bits per heavy atom. The molecule has 2 saturated heterocycles. The molecule has 0 aromatic carbocycles. The third-order valence-electron chi connectivity index (χ3n) is 4.58. The highest BCUT2D eigenvalue weighted by molar-refractivity contribution is 5.81. The van der Waals surface area contributed by atoms with Gasteiger partial charge in [-0.1, -0.05) is 0 Å². The number of likely N-dealkylation sites (tertiary alicyclic amines) is 1. The van der Waals surface area contributed by atoms with Gasteiger partial charge in [-0.05, 0) is 12.8 Å². The Kier molecular flexibility index (Phi) is 4.04. The first kappa shape index (κ1) is 14.9. The Hall–Kier alpha value is -2.05. The molecule has 120 valence electrons. The molecule has 1 aromatic heterocycles. The van der Waals surface area contributed by atoms with Crippen molar-refractivity contribution in [3.05, 3.63) is 18.0 Å². The van der Waals surface area contributed by atoms with Gasteiger partial charge in [0.1, 0.15) is 0 Å². The molecule has 7 nitrogen and oxygen atoms in total. The number of carbonyl (C=O) groups excluding carboxylic acids is 1. The van der Waals surface area contributed by atoms with Gasteiger partial charge in [0.2, 0.25) is 5.91 Å². The van der Waals surface area contributed by atoms with E-state index >= 15 is 0 Å². The lowest BCUT2D eigenvalue weighted by molar-refractivity contribution is -0.119. The predicted molar refractivity (Wildman–Crippen MR) is 84.3 cm³/mol. The molecule has 0 bridgehead atoms. The van der Waals surface area contributed by atoms with E-state index < -0.39 is 0 Å². The molecule has 0 saturated carbocycles. The van der Waals surface area contributed by atoms with Crippen molar-refractivity contribution in [2.24, 2.45) is 17.5 Å².